The molecule has 0 unspecified atom stereocenters. The Bertz CT molecular complexity index is 4720. The highest BCUT2D eigenvalue weighted by atomic mass is 35.5. The Morgan fingerprint density at radius 2 is 1.02 bits per heavy atom. The molecule has 9 aromatic rings. The summed E-state index contributed by atoms with van der Waals surface area (Å²) in [7, 11) is -11.3. The van der Waals surface area contributed by atoms with Crippen LogP contribution >= 0.6 is 45.9 Å². The molecule has 3 N–H and O–H groups in total. The van der Waals surface area contributed by atoms with Gasteiger partial charge in [0, 0.05) is 104 Å². The van der Waals surface area contributed by atoms with E-state index in [0.29, 0.717) is 94.0 Å². The van der Waals surface area contributed by atoms with E-state index in [4.69, 9.17) is 27.7 Å². The Kier molecular flexibility index (Phi) is 19.3. The molecule has 0 spiro atoms. The van der Waals surface area contributed by atoms with E-state index in [1.807, 2.05) is 54.6 Å². The van der Waals surface area contributed by atoms with E-state index < -0.39 is 30.1 Å². The average molecular weight is 1460 g/mol. The Balaban J connectivity index is 0.000000150. The van der Waals surface area contributed by atoms with Gasteiger partial charge in [-0.25, -0.2) is 30.2 Å². The summed E-state index contributed by atoms with van der Waals surface area (Å²) in [5.41, 5.74) is 9.13. The molecule has 6 aromatic carbocycles. The Labute approximate surface area is 587 Å². The van der Waals surface area contributed by atoms with Gasteiger partial charge in [0.15, 0.2) is 10.9 Å². The summed E-state index contributed by atoms with van der Waals surface area (Å²) in [5, 5.41) is 24.9. The summed E-state index contributed by atoms with van der Waals surface area (Å²) in [5.74, 6) is 0.652. The van der Waals surface area contributed by atoms with Crippen LogP contribution in [-0.2, 0) is 63.7 Å². The molecule has 98 heavy (non-hydrogen) atoms. The van der Waals surface area contributed by atoms with Crippen LogP contribution in [0.5, 0.6) is 0 Å². The highest BCUT2D eigenvalue weighted by Gasteiger charge is 2.42. The van der Waals surface area contributed by atoms with Crippen molar-refractivity contribution in [2.24, 2.45) is 0 Å². The van der Waals surface area contributed by atoms with Crippen LogP contribution < -0.4 is 43.6 Å². The number of aryl methyl sites for hydroxylation is 4. The van der Waals surface area contributed by atoms with E-state index in [-0.39, 0.29) is 64.3 Å². The number of nitriles is 1. The maximum Gasteiger partial charge on any atom is 0.263 e. The number of amides is 3. The largest absolute Gasteiger partial charge is 0.360 e. The van der Waals surface area contributed by atoms with Gasteiger partial charge in [-0.05, 0) is 203 Å². The maximum absolute atomic E-state index is 13.3. The summed E-state index contributed by atoms with van der Waals surface area (Å²) >= 11 is 14.7. The third-order valence-electron chi connectivity index (χ3n) is 17.9. The van der Waals surface area contributed by atoms with Crippen molar-refractivity contribution in [2.45, 2.75) is 98.0 Å². The fourth-order valence-corrected chi connectivity index (χ4v) is 18.3. The number of hydrogen-bond acceptors (Lipinski definition) is 20. The van der Waals surface area contributed by atoms with Crippen LogP contribution in [0.2, 0.25) is 10.0 Å². The lowest BCUT2D eigenvalue weighted by atomic mass is 9.99. The standard InChI is InChI=1S/C23H23ClN4O4S.C22H22ClN5O3S2.C22H19N5O3S2.2H2/c1-15-13-22(25-32-15)26-33(30,31)19-7-5-18(6-8-19)27-12-10-21(23(27)29)28-11-2-3-16-14-17(24)4-9-20(16)28;1-14-24-25-22(32-14)26-33(30,31)18-7-5-17(6-8-18)27-12-10-20(21(27)29)28-11-2-3-15-13-16(23)4-9-19(15)28;23-14-15-2-1-3-19-18(15)8-11-27(19)20-9-12-26(21(20)28)16-4-6-17(7-5-16)32(29,30)25-22-24-10-13-31-22;;/h4-9,13-14,21H,2-3,10-12H2,1H3,(H,25,26);4-9,13,20H,2-3,10-12H2,1H3,(H,25,26);1-7,10,13,20H,8-9,11-12H2,(H,24,25);2*1H/t21-;2*20-;;/m001../s1. The van der Waals surface area contributed by atoms with Crippen LogP contribution in [0.1, 0.15) is 68.0 Å². The number of rotatable bonds is 15. The van der Waals surface area contributed by atoms with Gasteiger partial charge >= 0.3 is 0 Å². The fraction of sp³-hybridized carbons (Fsp3) is 0.284. The molecular weight excluding hydrogens is 1390 g/mol. The van der Waals surface area contributed by atoms with E-state index in [9.17, 15) is 44.9 Å². The van der Waals surface area contributed by atoms with Crippen molar-refractivity contribution < 1.29 is 47.0 Å². The summed E-state index contributed by atoms with van der Waals surface area (Å²) in [6.07, 6.45) is 8.22. The van der Waals surface area contributed by atoms with E-state index in [0.717, 1.165) is 67.8 Å². The number of benzene rings is 6. The van der Waals surface area contributed by atoms with Crippen molar-refractivity contribution in [2.75, 3.05) is 82.8 Å². The van der Waals surface area contributed by atoms with E-state index in [1.165, 1.54) is 82.5 Å². The quantitative estimate of drug-likeness (QED) is 0.0859. The average Bonchev–Trinajstić information content (AvgIpc) is 1.61. The third kappa shape index (κ3) is 14.1. The first-order valence-electron chi connectivity index (χ1n) is 31.5. The molecule has 6 aliphatic heterocycles. The number of anilines is 9. The summed E-state index contributed by atoms with van der Waals surface area (Å²) < 4.78 is 87.8. The van der Waals surface area contributed by atoms with Crippen molar-refractivity contribution in [1.29, 1.82) is 5.26 Å². The van der Waals surface area contributed by atoms with Gasteiger partial charge in [-0.15, -0.1) is 21.5 Å². The minimum Gasteiger partial charge on any atom is -0.360 e. The number of nitrogens with zero attached hydrogens (tertiary/aromatic N) is 11. The lowest BCUT2D eigenvalue weighted by molar-refractivity contribution is -0.119. The molecule has 0 radical (unpaired) electrons. The monoisotopic (exact) mass is 1460 g/mol. The Morgan fingerprint density at radius 1 is 0.551 bits per heavy atom. The van der Waals surface area contributed by atoms with Gasteiger partial charge < -0.3 is 33.9 Å². The van der Waals surface area contributed by atoms with Crippen LogP contribution in [0.15, 0.2) is 164 Å². The molecule has 510 valence electrons. The first kappa shape index (κ1) is 67.4. The molecule has 24 nitrogen and oxygen atoms in total. The lowest BCUT2D eigenvalue weighted by Gasteiger charge is -2.35. The predicted molar refractivity (Wildman–Crippen MR) is 383 cm³/mol. The van der Waals surface area contributed by atoms with Crippen LogP contribution in [0.4, 0.5) is 50.2 Å². The first-order chi connectivity index (χ1) is 47.1. The minimum absolute atomic E-state index is 0. The second-order valence-corrected chi connectivity index (χ2v) is 32.0. The molecule has 15 rings (SSSR count). The molecule has 0 aliphatic carbocycles. The smallest absolute Gasteiger partial charge is 0.263 e. The van der Waals surface area contributed by atoms with E-state index >= 15 is 0 Å². The number of sulfonamides is 3. The molecule has 3 aromatic heterocycles. The maximum atomic E-state index is 13.3. The second kappa shape index (κ2) is 28.0. The predicted octanol–water partition coefficient (Wildman–Crippen LogP) is 11.3. The number of carbonyl (C=O) groups is 3. The Hall–Kier alpha value is -9.15. The van der Waals surface area contributed by atoms with Crippen LogP contribution in [0.25, 0.3) is 0 Å². The van der Waals surface area contributed by atoms with Gasteiger partial charge in [0.2, 0.25) is 22.9 Å². The molecule has 3 amide bonds. The van der Waals surface area contributed by atoms with Gasteiger partial charge in [-0.3, -0.25) is 28.5 Å². The molecular formula is C67H68Cl2N14O10S5. The molecule has 3 fully saturated rings. The van der Waals surface area contributed by atoms with Crippen LogP contribution in [0.3, 0.4) is 0 Å². The number of hydrogen-bond donors (Lipinski definition) is 3. The number of halogens is 2. The van der Waals surface area contributed by atoms with Gasteiger partial charge in [0.05, 0.1) is 26.3 Å². The highest BCUT2D eigenvalue weighted by molar-refractivity contribution is 7.93. The zero-order valence-electron chi connectivity index (χ0n) is 52.8. The van der Waals surface area contributed by atoms with Crippen LogP contribution in [-0.4, -0.2) is 121 Å². The molecule has 31 heteroatoms. The first-order valence-corrected chi connectivity index (χ1v) is 38.4. The van der Waals surface area contributed by atoms with Crippen molar-refractivity contribution in [3.05, 3.63) is 188 Å². The van der Waals surface area contributed by atoms with E-state index in [2.05, 4.69) is 55.3 Å². The minimum atomic E-state index is -3.81. The number of fused-ring (bicyclic) bond motifs is 3. The SMILES string of the molecule is Cc1cc(NS(=O)(=O)c2ccc(N3CC[C@H](N4CCCc5cc(Cl)ccc54)C3=O)cc2)no1.Cc1nnc(NS(=O)(=O)c2ccc(N3CC[C@H](N4CCCc5cc(Cl)ccc54)C3=O)cc2)s1.N#Cc1cccc2c1CCN2[C@@H]1CCN(c2ccc(S(=O)(=O)Nc3nccs3)cc2)C1=O.[HH].[HH]. The van der Waals surface area contributed by atoms with Gasteiger partial charge in [0.25, 0.3) is 30.1 Å². The number of nitrogens with one attached hydrogen (secondary N) is 3. The highest BCUT2D eigenvalue weighted by Crippen LogP contribution is 2.40. The third-order valence-corrected chi connectivity index (χ3v) is 24.1. The molecule has 3 saturated heterocycles. The normalized spacial score (nSPS) is 18.3. The second-order valence-electron chi connectivity index (χ2n) is 24.0. The molecule has 3 atom stereocenters. The van der Waals surface area contributed by atoms with E-state index in [1.54, 1.807) is 70.3 Å². The number of thiazole rings is 1. The molecule has 6 aliphatic rings. The van der Waals surface area contributed by atoms with Crippen molar-refractivity contribution >= 4 is 144 Å². The zero-order valence-corrected chi connectivity index (χ0v) is 58.4. The number of carbonyl (C=O) groups excluding carboxylic acids is 3. The van der Waals surface area contributed by atoms with Gasteiger partial charge in [-0.2, -0.15) is 5.26 Å². The van der Waals surface area contributed by atoms with Crippen LogP contribution in [0, 0.1) is 25.2 Å². The molecule has 0 saturated carbocycles. The lowest BCUT2D eigenvalue weighted by Crippen LogP contribution is -2.44. The zero-order chi connectivity index (χ0) is 68.6. The van der Waals surface area contributed by atoms with Crippen molar-refractivity contribution in [3.8, 4) is 6.07 Å². The Morgan fingerprint density at radius 3 is 1.45 bits per heavy atom. The van der Waals surface area contributed by atoms with Gasteiger partial charge in [-0.1, -0.05) is 45.8 Å². The number of aromatic nitrogens is 4. The molecule has 0 bridgehead atoms. The van der Waals surface area contributed by atoms with Crippen molar-refractivity contribution in [1.82, 2.24) is 20.3 Å². The van der Waals surface area contributed by atoms with Gasteiger partial charge in [0.1, 0.15) is 28.9 Å². The summed E-state index contributed by atoms with van der Waals surface area (Å²) in [4.78, 5) is 55.7. The van der Waals surface area contributed by atoms with Crippen molar-refractivity contribution in [3.63, 3.8) is 0 Å². The summed E-state index contributed by atoms with van der Waals surface area (Å²) in [6, 6.07) is 39.2. The summed E-state index contributed by atoms with van der Waals surface area (Å²) in [6.45, 7) is 7.49. The fourth-order valence-electron chi connectivity index (χ4n) is 13.3. The molecule has 9 heterocycles. The topological polar surface area (TPSA) is 298 Å².